The average Bonchev–Trinajstić information content (AvgIpc) is 3.19. The molecule has 9 heteroatoms. The van der Waals surface area contributed by atoms with Crippen molar-refractivity contribution in [1.82, 2.24) is 9.97 Å². The van der Waals surface area contributed by atoms with Crippen molar-refractivity contribution in [3.05, 3.63) is 57.6 Å². The minimum absolute atomic E-state index is 0.320. The van der Waals surface area contributed by atoms with Gasteiger partial charge < -0.3 is 20.6 Å². The number of anilines is 1. The van der Waals surface area contributed by atoms with Gasteiger partial charge in [0.25, 0.3) is 0 Å². The summed E-state index contributed by atoms with van der Waals surface area (Å²) >= 11 is 8.32. The van der Waals surface area contributed by atoms with Gasteiger partial charge in [0, 0.05) is 47.5 Å². The molecule has 1 saturated carbocycles. The Kier molecular flexibility index (Phi) is 5.03. The number of hydrogen-bond acceptors (Lipinski definition) is 7. The van der Waals surface area contributed by atoms with E-state index in [1.807, 2.05) is 18.2 Å². The van der Waals surface area contributed by atoms with Gasteiger partial charge in [-0.1, -0.05) is 18.5 Å². The molecule has 2 aliphatic carbocycles. The Bertz CT molecular complexity index is 1410. The zero-order valence-electron chi connectivity index (χ0n) is 19.5. The van der Waals surface area contributed by atoms with Crippen molar-refractivity contribution in [1.29, 1.82) is 0 Å². The van der Waals surface area contributed by atoms with E-state index in [0.29, 0.717) is 48.2 Å². The van der Waals surface area contributed by atoms with Crippen LogP contribution in [0.15, 0.2) is 39.9 Å². The number of nitrogens with zero attached hydrogens (tertiary/aromatic N) is 4. The smallest absolute Gasteiger partial charge is 0.225 e. The quantitative estimate of drug-likeness (QED) is 0.326. The maximum Gasteiger partial charge on any atom is 0.225 e. The largest absolute Gasteiger partial charge is 0.618 e. The number of allylic oxidation sites excluding steroid dienone is 1. The summed E-state index contributed by atoms with van der Waals surface area (Å²) in [5, 5.41) is 15.5. The summed E-state index contributed by atoms with van der Waals surface area (Å²) in [5.74, 6) is 2.03. The number of benzene rings is 1. The maximum atomic E-state index is 13.1. The maximum absolute atomic E-state index is 13.1. The molecule has 4 aliphatic rings. The number of hydrogen-bond donors (Lipinski definition) is 1. The molecule has 2 aliphatic heterocycles. The Morgan fingerprint density at radius 2 is 2.09 bits per heavy atom. The summed E-state index contributed by atoms with van der Waals surface area (Å²) in [6.07, 6.45) is 2.30. The van der Waals surface area contributed by atoms with E-state index < -0.39 is 0 Å². The number of piperidine rings is 1. The molecule has 0 spiro atoms. The molecule has 0 radical (unpaired) electrons. The molecule has 2 unspecified atom stereocenters. The van der Waals surface area contributed by atoms with E-state index in [1.165, 1.54) is 17.3 Å². The van der Waals surface area contributed by atoms with E-state index in [2.05, 4.69) is 17.9 Å². The number of rotatable bonds is 4. The van der Waals surface area contributed by atoms with Crippen LogP contribution in [0.4, 0.5) is 5.82 Å². The summed E-state index contributed by atoms with van der Waals surface area (Å²) in [6, 6.07) is 8.37. The standard InChI is InChI=1S/C26H26ClN5O2S/c1-2-13-8-19-22(23(13)27)25(31-10-17-18(11-31)24(17)28)30-26(29-19)35-16-4-3-14-7-15-12-34-6-5-20(15)32(33)21(14)9-16/h3-4,7,9,17-18,24H,2,5-6,8,10-12,28H2,1H3. The molecule has 0 amide bonds. The van der Waals surface area contributed by atoms with Crippen molar-refractivity contribution in [2.75, 3.05) is 24.6 Å². The first-order chi connectivity index (χ1) is 17.0. The highest BCUT2D eigenvalue weighted by Crippen LogP contribution is 2.49. The Morgan fingerprint density at radius 1 is 1.26 bits per heavy atom. The van der Waals surface area contributed by atoms with Gasteiger partial charge in [-0.2, -0.15) is 4.73 Å². The highest BCUT2D eigenvalue weighted by atomic mass is 35.5. The lowest BCUT2D eigenvalue weighted by atomic mass is 10.1. The molecule has 4 heterocycles. The number of ether oxygens (including phenoxy) is 1. The summed E-state index contributed by atoms with van der Waals surface area (Å²) in [6.45, 7) is 5.06. The first-order valence-electron chi connectivity index (χ1n) is 12.2. The lowest BCUT2D eigenvalue weighted by Crippen LogP contribution is -2.36. The van der Waals surface area contributed by atoms with E-state index in [4.69, 9.17) is 32.0 Å². The van der Waals surface area contributed by atoms with Gasteiger partial charge in [0.05, 0.1) is 35.9 Å². The second kappa shape index (κ2) is 8.06. The molecule has 3 aromatic rings. The highest BCUT2D eigenvalue weighted by Gasteiger charge is 2.54. The van der Waals surface area contributed by atoms with Gasteiger partial charge in [-0.15, -0.1) is 0 Å². The lowest BCUT2D eigenvalue weighted by molar-refractivity contribution is -0.587. The van der Waals surface area contributed by atoms with E-state index in [1.54, 1.807) is 0 Å². The van der Waals surface area contributed by atoms with E-state index >= 15 is 0 Å². The van der Waals surface area contributed by atoms with Crippen molar-refractivity contribution in [2.24, 2.45) is 17.6 Å². The van der Waals surface area contributed by atoms with Crippen LogP contribution < -0.4 is 15.4 Å². The zero-order valence-corrected chi connectivity index (χ0v) is 21.0. The predicted molar refractivity (Wildman–Crippen MR) is 136 cm³/mol. The molecule has 2 aromatic heterocycles. The van der Waals surface area contributed by atoms with Crippen LogP contribution in [0.2, 0.25) is 0 Å². The molecular formula is C26H26ClN5O2S. The van der Waals surface area contributed by atoms with Gasteiger partial charge in [0.15, 0.2) is 5.16 Å². The third-order valence-electron chi connectivity index (χ3n) is 7.96. The van der Waals surface area contributed by atoms with E-state index in [0.717, 1.165) is 74.3 Å². The average molecular weight is 508 g/mol. The van der Waals surface area contributed by atoms with Crippen LogP contribution >= 0.6 is 23.4 Å². The lowest BCUT2D eigenvalue weighted by Gasteiger charge is -2.23. The molecule has 1 aromatic carbocycles. The van der Waals surface area contributed by atoms with Gasteiger partial charge in [0.2, 0.25) is 11.2 Å². The molecular weight excluding hydrogens is 482 g/mol. The number of fused-ring (bicyclic) bond motifs is 4. The Labute approximate surface area is 212 Å². The second-order valence-electron chi connectivity index (χ2n) is 9.95. The van der Waals surface area contributed by atoms with Crippen LogP contribution in [0.25, 0.3) is 15.9 Å². The summed E-state index contributed by atoms with van der Waals surface area (Å²) in [4.78, 5) is 13.2. The number of halogens is 1. The third kappa shape index (κ3) is 3.45. The van der Waals surface area contributed by atoms with Gasteiger partial charge in [0.1, 0.15) is 5.82 Å². The van der Waals surface area contributed by atoms with Crippen molar-refractivity contribution < 1.29 is 9.47 Å². The molecule has 180 valence electrons. The van der Waals surface area contributed by atoms with E-state index in [-0.39, 0.29) is 0 Å². The Hall–Kier alpha value is -2.39. The number of pyridine rings is 1. The zero-order chi connectivity index (χ0) is 23.8. The SMILES string of the molecule is CCC1=C(Cl)c2c(nc(Sc3ccc4cc5c([n+]([O-])c4c3)CCOC5)nc2N2CC3C(N)C3C2)C1. The monoisotopic (exact) mass is 507 g/mol. The van der Waals surface area contributed by atoms with Crippen molar-refractivity contribution in [3.63, 3.8) is 0 Å². The second-order valence-corrected chi connectivity index (χ2v) is 11.4. The molecule has 1 saturated heterocycles. The summed E-state index contributed by atoms with van der Waals surface area (Å²) < 4.78 is 6.61. The van der Waals surface area contributed by atoms with Crippen LogP contribution in [0.3, 0.4) is 0 Å². The molecule has 35 heavy (non-hydrogen) atoms. The normalized spacial score (nSPS) is 24.7. The first kappa shape index (κ1) is 21.9. The van der Waals surface area contributed by atoms with Gasteiger partial charge in [-0.3, -0.25) is 0 Å². The van der Waals surface area contributed by atoms with Crippen molar-refractivity contribution in [2.45, 2.75) is 48.9 Å². The van der Waals surface area contributed by atoms with Crippen LogP contribution in [0, 0.1) is 17.0 Å². The molecule has 0 bridgehead atoms. The van der Waals surface area contributed by atoms with Crippen LogP contribution in [-0.2, 0) is 24.2 Å². The van der Waals surface area contributed by atoms with Gasteiger partial charge >= 0.3 is 0 Å². The van der Waals surface area contributed by atoms with Crippen LogP contribution in [-0.4, -0.2) is 35.7 Å². The topological polar surface area (TPSA) is 91.2 Å². The minimum atomic E-state index is 0.320. The molecule has 7 rings (SSSR count). The van der Waals surface area contributed by atoms with Gasteiger partial charge in [-0.25, -0.2) is 9.97 Å². The molecule has 7 nitrogen and oxygen atoms in total. The number of nitrogens with two attached hydrogens (primary N) is 1. The molecule has 2 atom stereocenters. The van der Waals surface area contributed by atoms with Crippen molar-refractivity contribution >= 4 is 45.1 Å². The minimum Gasteiger partial charge on any atom is -0.618 e. The van der Waals surface area contributed by atoms with Crippen molar-refractivity contribution in [3.8, 4) is 0 Å². The fraction of sp³-hybridized carbons (Fsp3) is 0.423. The van der Waals surface area contributed by atoms with Gasteiger partial charge in [-0.05, 0) is 53.8 Å². The van der Waals surface area contributed by atoms with Crippen LogP contribution in [0.5, 0.6) is 0 Å². The fourth-order valence-electron chi connectivity index (χ4n) is 5.86. The fourth-order valence-corrected chi connectivity index (χ4v) is 7.06. The Morgan fingerprint density at radius 3 is 2.89 bits per heavy atom. The summed E-state index contributed by atoms with van der Waals surface area (Å²) in [5.41, 5.74) is 11.9. The van der Waals surface area contributed by atoms with Crippen LogP contribution in [0.1, 0.15) is 35.9 Å². The third-order valence-corrected chi connectivity index (χ3v) is 9.27. The van der Waals surface area contributed by atoms with E-state index in [9.17, 15) is 5.21 Å². The molecule has 2 N–H and O–H groups in total. The first-order valence-corrected chi connectivity index (χ1v) is 13.4. The Balaban J connectivity index is 1.26. The summed E-state index contributed by atoms with van der Waals surface area (Å²) in [7, 11) is 0. The molecule has 2 fully saturated rings. The number of aromatic nitrogens is 3. The highest BCUT2D eigenvalue weighted by molar-refractivity contribution is 7.99. The predicted octanol–water partition coefficient (Wildman–Crippen LogP) is 3.80.